The quantitative estimate of drug-likeness (QED) is 0.411. The van der Waals surface area contributed by atoms with E-state index in [1.807, 2.05) is 24.0 Å². The minimum Gasteiger partial charge on any atom is -0.379 e. The van der Waals surface area contributed by atoms with Crippen molar-refractivity contribution in [2.45, 2.75) is 19.4 Å². The number of nitrogens with zero attached hydrogens (tertiary/aromatic N) is 4. The van der Waals surface area contributed by atoms with Crippen LogP contribution < -0.4 is 10.6 Å². The van der Waals surface area contributed by atoms with Gasteiger partial charge in [-0.25, -0.2) is 4.68 Å². The number of hydrogen-bond donors (Lipinski definition) is 2. The van der Waals surface area contributed by atoms with E-state index in [-0.39, 0.29) is 6.04 Å². The molecule has 174 valence electrons. The van der Waals surface area contributed by atoms with E-state index in [2.05, 4.69) is 81.1 Å². The number of morpholine rings is 1. The molecule has 4 rings (SSSR count). The molecule has 1 aromatic heterocycles. The van der Waals surface area contributed by atoms with E-state index in [0.717, 1.165) is 57.5 Å². The summed E-state index contributed by atoms with van der Waals surface area (Å²) in [5, 5.41) is 11.3. The summed E-state index contributed by atoms with van der Waals surface area (Å²) in [4.78, 5) is 6.93. The van der Waals surface area contributed by atoms with Gasteiger partial charge in [0.1, 0.15) is 0 Å². The van der Waals surface area contributed by atoms with Crippen LogP contribution >= 0.6 is 0 Å². The van der Waals surface area contributed by atoms with Gasteiger partial charge < -0.3 is 15.4 Å². The van der Waals surface area contributed by atoms with Gasteiger partial charge in [0.2, 0.25) is 0 Å². The van der Waals surface area contributed by atoms with Crippen molar-refractivity contribution in [2.24, 2.45) is 4.99 Å². The molecule has 2 heterocycles. The van der Waals surface area contributed by atoms with E-state index < -0.39 is 0 Å². The molecule has 1 saturated heterocycles. The highest BCUT2D eigenvalue weighted by Gasteiger charge is 2.22. The van der Waals surface area contributed by atoms with Gasteiger partial charge in [-0.3, -0.25) is 9.89 Å². The summed E-state index contributed by atoms with van der Waals surface area (Å²) in [5.74, 6) is 0.827. The van der Waals surface area contributed by atoms with Gasteiger partial charge in [0.05, 0.1) is 24.9 Å². The Kier molecular flexibility index (Phi) is 8.11. The Morgan fingerprint density at radius 1 is 1.06 bits per heavy atom. The molecule has 1 fully saturated rings. The number of benzene rings is 2. The van der Waals surface area contributed by atoms with Crippen LogP contribution in [0.3, 0.4) is 0 Å². The second kappa shape index (κ2) is 11.6. The number of ether oxygens (including phenoxy) is 1. The van der Waals surface area contributed by atoms with Crippen LogP contribution in [0.1, 0.15) is 22.7 Å². The molecule has 33 heavy (non-hydrogen) atoms. The van der Waals surface area contributed by atoms with Crippen LogP contribution in [0.2, 0.25) is 0 Å². The van der Waals surface area contributed by atoms with Crippen LogP contribution in [0.25, 0.3) is 5.69 Å². The van der Waals surface area contributed by atoms with Gasteiger partial charge in [0.25, 0.3) is 0 Å². The molecule has 0 aliphatic carbocycles. The van der Waals surface area contributed by atoms with E-state index in [0.29, 0.717) is 0 Å². The largest absolute Gasteiger partial charge is 0.379 e. The number of guanidine groups is 1. The molecule has 7 heteroatoms. The summed E-state index contributed by atoms with van der Waals surface area (Å²) < 4.78 is 7.44. The third-order valence-electron chi connectivity index (χ3n) is 6.05. The molecule has 3 aromatic rings. The maximum absolute atomic E-state index is 5.57. The van der Waals surface area contributed by atoms with Crippen molar-refractivity contribution in [2.75, 3.05) is 46.4 Å². The molecule has 1 unspecified atom stereocenters. The van der Waals surface area contributed by atoms with Crippen molar-refractivity contribution in [3.63, 3.8) is 0 Å². The first-order chi connectivity index (χ1) is 16.2. The first-order valence-electron chi connectivity index (χ1n) is 11.6. The number of rotatable bonds is 8. The Morgan fingerprint density at radius 3 is 2.48 bits per heavy atom. The van der Waals surface area contributed by atoms with Crippen molar-refractivity contribution >= 4 is 5.96 Å². The molecular weight excluding hydrogens is 412 g/mol. The fourth-order valence-electron chi connectivity index (χ4n) is 4.11. The maximum Gasteiger partial charge on any atom is 0.191 e. The molecule has 2 N–H and O–H groups in total. The maximum atomic E-state index is 5.57. The second-order valence-corrected chi connectivity index (χ2v) is 8.32. The molecule has 7 nitrogen and oxygen atoms in total. The van der Waals surface area contributed by atoms with E-state index >= 15 is 0 Å². The van der Waals surface area contributed by atoms with Crippen LogP contribution in [0, 0.1) is 6.92 Å². The number of nitrogens with one attached hydrogen (secondary N) is 2. The summed E-state index contributed by atoms with van der Waals surface area (Å²) >= 11 is 0. The molecule has 0 bridgehead atoms. The molecule has 0 spiro atoms. The van der Waals surface area contributed by atoms with Crippen molar-refractivity contribution in [1.29, 1.82) is 0 Å². The molecule has 0 radical (unpaired) electrons. The van der Waals surface area contributed by atoms with E-state index in [9.17, 15) is 0 Å². The monoisotopic (exact) mass is 446 g/mol. The predicted molar refractivity (Wildman–Crippen MR) is 133 cm³/mol. The van der Waals surface area contributed by atoms with Gasteiger partial charge in [-0.1, -0.05) is 42.0 Å². The number of aromatic nitrogens is 2. The van der Waals surface area contributed by atoms with Crippen LogP contribution in [0.5, 0.6) is 0 Å². The Morgan fingerprint density at radius 2 is 1.82 bits per heavy atom. The standard InChI is InChI=1S/C26H34N6O/c1-21-4-8-23(9-5-21)25(31-16-18-33-19-17-31)20-29-26(27-2)28-14-12-22-6-10-24(11-7-22)32-15-3-13-30-32/h3-11,13,15,25H,12,14,16-20H2,1-2H3,(H2,27,28,29). The molecule has 1 aliphatic heterocycles. The van der Waals surface area contributed by atoms with Gasteiger partial charge in [0.15, 0.2) is 5.96 Å². The Hall–Kier alpha value is -3.16. The normalized spacial score (nSPS) is 15.9. The van der Waals surface area contributed by atoms with E-state index in [4.69, 9.17) is 4.74 Å². The minimum atomic E-state index is 0.280. The van der Waals surface area contributed by atoms with Gasteiger partial charge in [0, 0.05) is 45.6 Å². The molecule has 1 atom stereocenters. The minimum absolute atomic E-state index is 0.280. The SMILES string of the molecule is CN=C(NCCc1ccc(-n2cccn2)cc1)NCC(c1ccc(C)cc1)N1CCOCC1. The highest BCUT2D eigenvalue weighted by molar-refractivity contribution is 5.79. The lowest BCUT2D eigenvalue weighted by Gasteiger charge is -2.35. The topological polar surface area (TPSA) is 66.7 Å². The Balaban J connectivity index is 1.30. The van der Waals surface area contributed by atoms with Gasteiger partial charge >= 0.3 is 0 Å². The average molecular weight is 447 g/mol. The number of aryl methyl sites for hydroxylation is 1. The zero-order chi connectivity index (χ0) is 22.9. The predicted octanol–water partition coefficient (Wildman–Crippen LogP) is 2.96. The molecule has 0 amide bonds. The van der Waals surface area contributed by atoms with Gasteiger partial charge in [-0.05, 0) is 42.7 Å². The van der Waals surface area contributed by atoms with Crippen LogP contribution in [-0.2, 0) is 11.2 Å². The summed E-state index contributed by atoms with van der Waals surface area (Å²) in [6, 6.07) is 19.6. The average Bonchev–Trinajstić information content (AvgIpc) is 3.40. The zero-order valence-corrected chi connectivity index (χ0v) is 19.6. The summed E-state index contributed by atoms with van der Waals surface area (Å²) in [5.41, 5.74) is 4.95. The Labute approximate surface area is 196 Å². The number of hydrogen-bond acceptors (Lipinski definition) is 4. The summed E-state index contributed by atoms with van der Waals surface area (Å²) in [6.45, 7) is 7.20. The van der Waals surface area contributed by atoms with E-state index in [1.165, 1.54) is 16.7 Å². The fourth-order valence-corrected chi connectivity index (χ4v) is 4.11. The first kappa shape index (κ1) is 23.0. The van der Waals surface area contributed by atoms with Crippen LogP contribution in [-0.4, -0.2) is 67.1 Å². The Bertz CT molecular complexity index is 992. The van der Waals surface area contributed by atoms with Crippen molar-refractivity contribution < 1.29 is 4.74 Å². The molecule has 1 aliphatic rings. The third-order valence-corrected chi connectivity index (χ3v) is 6.05. The van der Waals surface area contributed by atoms with Crippen molar-refractivity contribution in [1.82, 2.24) is 25.3 Å². The van der Waals surface area contributed by atoms with Crippen molar-refractivity contribution in [3.8, 4) is 5.69 Å². The second-order valence-electron chi connectivity index (χ2n) is 8.32. The summed E-state index contributed by atoms with van der Waals surface area (Å²) in [6.07, 6.45) is 4.66. The van der Waals surface area contributed by atoms with Crippen LogP contribution in [0.4, 0.5) is 0 Å². The lowest BCUT2D eigenvalue weighted by Crippen LogP contribution is -2.46. The smallest absolute Gasteiger partial charge is 0.191 e. The van der Waals surface area contributed by atoms with Gasteiger partial charge in [-0.15, -0.1) is 0 Å². The van der Waals surface area contributed by atoms with Gasteiger partial charge in [-0.2, -0.15) is 5.10 Å². The lowest BCUT2D eigenvalue weighted by molar-refractivity contribution is 0.0170. The van der Waals surface area contributed by atoms with Crippen LogP contribution in [0.15, 0.2) is 72.0 Å². The molecular formula is C26H34N6O. The third kappa shape index (κ3) is 6.43. The van der Waals surface area contributed by atoms with E-state index in [1.54, 1.807) is 6.20 Å². The first-order valence-corrected chi connectivity index (χ1v) is 11.6. The fraction of sp³-hybridized carbons (Fsp3) is 0.385. The number of aliphatic imine (C=N–C) groups is 1. The molecule has 2 aromatic carbocycles. The van der Waals surface area contributed by atoms with Crippen molar-refractivity contribution in [3.05, 3.63) is 83.7 Å². The lowest BCUT2D eigenvalue weighted by atomic mass is 10.0. The highest BCUT2D eigenvalue weighted by Crippen LogP contribution is 2.21. The highest BCUT2D eigenvalue weighted by atomic mass is 16.5. The molecule has 0 saturated carbocycles. The zero-order valence-electron chi connectivity index (χ0n) is 19.6. The summed E-state index contributed by atoms with van der Waals surface area (Å²) in [7, 11) is 1.82.